The SMILES string of the molecule is CCC(Oc1cccc(B2OC(C)(C)C(C)(C)O2)c1)C(=O)OC.CCOc1cc(-c2cccc(CC(CC)C(=O)O)c2)ccc1-c1nc2n[nH]nc2c(=O)[nH]1.CCOc1cc(Br)ccc1-c1nc2n[nH]nc2c(=O)[nH]1. The van der Waals surface area contributed by atoms with E-state index in [2.05, 4.69) is 66.7 Å². The van der Waals surface area contributed by atoms with Crippen molar-refractivity contribution in [2.45, 2.75) is 92.0 Å². The number of hydrogen-bond acceptors (Lipinski definition) is 16. The van der Waals surface area contributed by atoms with Gasteiger partial charge in [-0.2, -0.15) is 10.4 Å². The summed E-state index contributed by atoms with van der Waals surface area (Å²) in [6.07, 6.45) is 0.962. The number of rotatable bonds is 16. The molecule has 9 rings (SSSR count). The van der Waals surface area contributed by atoms with Crippen molar-refractivity contribution in [2.24, 2.45) is 5.92 Å². The van der Waals surface area contributed by atoms with Crippen LogP contribution in [0.3, 0.4) is 0 Å². The molecule has 1 aliphatic heterocycles. The molecular weight excluding hydrogens is 1030 g/mol. The quantitative estimate of drug-likeness (QED) is 0.0459. The molecule has 1 saturated heterocycles. The third-order valence-electron chi connectivity index (χ3n) is 12.5. The lowest BCUT2D eigenvalue weighted by Gasteiger charge is -2.32. The monoisotopic (exact) mass is 1090 g/mol. The first-order valence-electron chi connectivity index (χ1n) is 24.2. The molecule has 0 bridgehead atoms. The minimum atomic E-state index is -0.786. The number of nitrogens with zero attached hydrogens (tertiary/aromatic N) is 6. The first-order valence-corrected chi connectivity index (χ1v) is 25.0. The minimum Gasteiger partial charge on any atom is -0.493 e. The molecule has 0 amide bonds. The molecule has 0 spiro atoms. The highest BCUT2D eigenvalue weighted by molar-refractivity contribution is 9.10. The van der Waals surface area contributed by atoms with Crippen LogP contribution in [-0.2, 0) is 30.1 Å². The summed E-state index contributed by atoms with van der Waals surface area (Å²) < 4.78 is 34.9. The Balaban J connectivity index is 0.000000170. The number of hydrogen-bond donors (Lipinski definition) is 5. The molecule has 392 valence electrons. The number of aromatic amines is 4. The lowest BCUT2D eigenvalue weighted by atomic mass is 9.79. The zero-order chi connectivity index (χ0) is 54.0. The van der Waals surface area contributed by atoms with Gasteiger partial charge in [0, 0.05) is 4.47 Å². The summed E-state index contributed by atoms with van der Waals surface area (Å²) in [5.41, 5.74) is 4.31. The van der Waals surface area contributed by atoms with E-state index in [0.717, 1.165) is 26.6 Å². The van der Waals surface area contributed by atoms with Gasteiger partial charge in [0.1, 0.15) is 28.9 Å². The van der Waals surface area contributed by atoms with E-state index in [-0.39, 0.29) is 39.4 Å². The average Bonchev–Trinajstić information content (AvgIpc) is 4.14. The number of nitrogens with one attached hydrogen (secondary N) is 4. The molecule has 8 aromatic rings. The Morgan fingerprint density at radius 2 is 1.27 bits per heavy atom. The molecule has 1 fully saturated rings. The van der Waals surface area contributed by atoms with E-state index < -0.39 is 36.3 Å². The van der Waals surface area contributed by atoms with Crippen LogP contribution in [0.25, 0.3) is 56.2 Å². The van der Waals surface area contributed by atoms with Gasteiger partial charge in [0.05, 0.1) is 48.6 Å². The summed E-state index contributed by atoms with van der Waals surface area (Å²) >= 11 is 3.39. The Bertz CT molecular complexity index is 3400. The van der Waals surface area contributed by atoms with Gasteiger partial charge in [-0.05, 0) is 125 Å². The number of halogens is 1. The number of aromatic nitrogens is 10. The van der Waals surface area contributed by atoms with Crippen molar-refractivity contribution in [3.63, 3.8) is 0 Å². The van der Waals surface area contributed by atoms with Gasteiger partial charge < -0.3 is 43.3 Å². The van der Waals surface area contributed by atoms with Gasteiger partial charge in [-0.1, -0.05) is 72.2 Å². The number of aliphatic carboxylic acids is 1. The number of H-pyrrole nitrogens is 4. The number of carbonyl (C=O) groups excluding carboxylic acids is 1. The van der Waals surface area contributed by atoms with E-state index in [1.807, 2.05) is 134 Å². The Kier molecular flexibility index (Phi) is 17.7. The highest BCUT2D eigenvalue weighted by Gasteiger charge is 2.51. The fourth-order valence-corrected chi connectivity index (χ4v) is 8.12. The third-order valence-corrected chi connectivity index (χ3v) is 13.0. The van der Waals surface area contributed by atoms with Crippen LogP contribution in [0.1, 0.15) is 73.8 Å². The Morgan fingerprint density at radius 1 is 0.707 bits per heavy atom. The van der Waals surface area contributed by atoms with Crippen LogP contribution in [0, 0.1) is 5.92 Å². The first kappa shape index (κ1) is 55.0. The van der Waals surface area contributed by atoms with Gasteiger partial charge in [-0.3, -0.25) is 14.4 Å². The number of carboxylic acid groups (broad SMARTS) is 1. The molecule has 21 nitrogen and oxygen atoms in total. The molecule has 0 radical (unpaired) electrons. The summed E-state index contributed by atoms with van der Waals surface area (Å²) in [5.74, 6) is 0.946. The third kappa shape index (κ3) is 13.0. The molecule has 23 heteroatoms. The molecule has 5 N–H and O–H groups in total. The molecular formula is C52H58BBrN10O11. The van der Waals surface area contributed by atoms with E-state index in [1.54, 1.807) is 6.07 Å². The molecule has 0 aliphatic carbocycles. The van der Waals surface area contributed by atoms with Crippen molar-refractivity contribution in [1.82, 2.24) is 50.8 Å². The highest BCUT2D eigenvalue weighted by Crippen LogP contribution is 2.37. The molecule has 5 heterocycles. The van der Waals surface area contributed by atoms with Crippen molar-refractivity contribution in [3.05, 3.63) is 116 Å². The fraction of sp³-hybridized carbons (Fsp3) is 0.346. The fourth-order valence-electron chi connectivity index (χ4n) is 7.78. The Morgan fingerprint density at radius 3 is 1.81 bits per heavy atom. The summed E-state index contributed by atoms with van der Waals surface area (Å²) in [4.78, 5) is 61.4. The van der Waals surface area contributed by atoms with Crippen LogP contribution < -0.4 is 30.8 Å². The molecule has 4 aromatic carbocycles. The van der Waals surface area contributed by atoms with Gasteiger partial charge >= 0.3 is 19.1 Å². The number of carbonyl (C=O) groups is 2. The summed E-state index contributed by atoms with van der Waals surface area (Å²) in [5, 5.41) is 29.5. The lowest BCUT2D eigenvalue weighted by Crippen LogP contribution is -2.41. The largest absolute Gasteiger partial charge is 0.494 e. The zero-order valence-corrected chi connectivity index (χ0v) is 44.5. The Labute approximate surface area is 439 Å². The minimum absolute atomic E-state index is 0.145. The van der Waals surface area contributed by atoms with Crippen LogP contribution in [-0.4, -0.2) is 113 Å². The predicted octanol–water partition coefficient (Wildman–Crippen LogP) is 7.61. The Hall–Kier alpha value is -7.76. The molecule has 0 saturated carbocycles. The number of carboxylic acids is 1. The zero-order valence-electron chi connectivity index (χ0n) is 42.9. The second-order valence-electron chi connectivity index (χ2n) is 18.1. The lowest BCUT2D eigenvalue weighted by molar-refractivity contribution is -0.149. The smallest absolute Gasteiger partial charge is 0.493 e. The van der Waals surface area contributed by atoms with Crippen LogP contribution >= 0.6 is 15.9 Å². The standard InChI is InChI=1S/C23H23N5O4.C17H25BO5.C12H10BrN5O2/c1-3-14(23(30)31)10-13-6-5-7-15(11-13)16-8-9-17(18(12-16)32-4-2)20-24-21-19(22(29)25-20)26-28-27-21;1-7-14(15(19)20-6)21-13-10-8-9-12(11-13)18-22-16(2,3)17(4,5)23-18;1-2-20-8-5-6(13)3-4-7(8)10-14-11-9(12(19)15-10)16-18-17-11/h5-9,11-12,14H,3-4,10H2,1-2H3,(H,30,31)(H2,24,25,26,27,28,29);8-11,14H,7H2,1-6H3;3-5H,2H2,1H3,(H2,14,15,16,17,18,19). The van der Waals surface area contributed by atoms with Gasteiger partial charge in [0.25, 0.3) is 11.1 Å². The van der Waals surface area contributed by atoms with E-state index in [1.165, 1.54) is 7.11 Å². The number of benzene rings is 4. The van der Waals surface area contributed by atoms with E-state index in [4.69, 9.17) is 28.3 Å². The maximum Gasteiger partial charge on any atom is 0.494 e. The number of fused-ring (bicyclic) bond motifs is 2. The van der Waals surface area contributed by atoms with Crippen LogP contribution in [0.15, 0.2) is 99.0 Å². The second-order valence-corrected chi connectivity index (χ2v) is 19.0. The molecule has 1 aliphatic rings. The molecule has 75 heavy (non-hydrogen) atoms. The van der Waals surface area contributed by atoms with Gasteiger partial charge in [0.2, 0.25) is 11.3 Å². The van der Waals surface area contributed by atoms with Crippen molar-refractivity contribution in [2.75, 3.05) is 20.3 Å². The van der Waals surface area contributed by atoms with Crippen LogP contribution in [0.5, 0.6) is 17.2 Å². The number of ether oxygens (including phenoxy) is 4. The second kappa shape index (κ2) is 24.1. The van der Waals surface area contributed by atoms with Crippen molar-refractivity contribution < 1.29 is 43.0 Å². The summed E-state index contributed by atoms with van der Waals surface area (Å²) in [7, 11) is 0.900. The predicted molar refractivity (Wildman–Crippen MR) is 285 cm³/mol. The van der Waals surface area contributed by atoms with Crippen LogP contribution in [0.4, 0.5) is 0 Å². The number of esters is 1. The maximum atomic E-state index is 12.3. The summed E-state index contributed by atoms with van der Waals surface area (Å²) in [6, 6.07) is 26.4. The normalized spacial score (nSPS) is 14.2. The topological polar surface area (TPSA) is 284 Å². The van der Waals surface area contributed by atoms with Crippen molar-refractivity contribution >= 4 is 62.8 Å². The van der Waals surface area contributed by atoms with Gasteiger partial charge in [-0.25, -0.2) is 14.8 Å². The highest BCUT2D eigenvalue weighted by atomic mass is 79.9. The molecule has 2 unspecified atom stereocenters. The van der Waals surface area contributed by atoms with Crippen molar-refractivity contribution in [3.8, 4) is 51.2 Å². The summed E-state index contributed by atoms with van der Waals surface area (Å²) in [6.45, 7) is 16.5. The van der Waals surface area contributed by atoms with Gasteiger partial charge in [0.15, 0.2) is 17.1 Å². The number of methoxy groups -OCH3 is 1. The molecule has 2 atom stereocenters. The maximum absolute atomic E-state index is 12.3. The van der Waals surface area contributed by atoms with E-state index >= 15 is 0 Å². The first-order chi connectivity index (χ1) is 35.9. The van der Waals surface area contributed by atoms with E-state index in [9.17, 15) is 24.3 Å². The van der Waals surface area contributed by atoms with Gasteiger partial charge in [-0.15, -0.1) is 20.4 Å². The van der Waals surface area contributed by atoms with Crippen molar-refractivity contribution in [1.29, 1.82) is 0 Å². The average molecular weight is 1090 g/mol. The van der Waals surface area contributed by atoms with Crippen LogP contribution in [0.2, 0.25) is 0 Å². The van der Waals surface area contributed by atoms with E-state index in [0.29, 0.717) is 72.5 Å². The molecule has 4 aromatic heterocycles.